The third-order valence-corrected chi connectivity index (χ3v) is 6.29. The fourth-order valence-corrected chi connectivity index (χ4v) is 4.39. The van der Waals surface area contributed by atoms with E-state index in [-0.39, 0.29) is 11.9 Å². The zero-order valence-corrected chi connectivity index (χ0v) is 19.6. The second-order valence-corrected chi connectivity index (χ2v) is 8.68. The summed E-state index contributed by atoms with van der Waals surface area (Å²) >= 11 is 5.74. The predicted octanol–water partition coefficient (Wildman–Crippen LogP) is 6.05. The number of allylic oxidation sites excluding steroid dienone is 1. The maximum atomic E-state index is 13.4. The molecule has 0 radical (unpaired) electrons. The van der Waals surface area contributed by atoms with Gasteiger partial charge in [0.05, 0.1) is 11.6 Å². The summed E-state index contributed by atoms with van der Waals surface area (Å²) in [5, 5.41) is 8.28. The molecule has 1 N–H and O–H groups in total. The molecule has 0 saturated heterocycles. The molecule has 170 valence electrons. The van der Waals surface area contributed by atoms with Crippen molar-refractivity contribution in [3.8, 4) is 11.4 Å². The summed E-state index contributed by atoms with van der Waals surface area (Å²) in [6.45, 7) is 4.52. The van der Waals surface area contributed by atoms with Crippen LogP contribution in [-0.2, 0) is 6.54 Å². The number of aromatic nitrogens is 2. The van der Waals surface area contributed by atoms with Crippen LogP contribution < -0.4 is 5.32 Å². The monoisotopic (exact) mass is 470 g/mol. The van der Waals surface area contributed by atoms with Gasteiger partial charge in [0.1, 0.15) is 5.82 Å². The summed E-state index contributed by atoms with van der Waals surface area (Å²) in [5.41, 5.74) is 5.78. The van der Waals surface area contributed by atoms with Crippen LogP contribution in [0.3, 0.4) is 0 Å². The molecule has 1 atom stereocenters. The molecule has 34 heavy (non-hydrogen) atoms. The number of thiocarbonyl (C=S) groups is 1. The van der Waals surface area contributed by atoms with Crippen molar-refractivity contribution >= 4 is 22.9 Å². The molecule has 1 unspecified atom stereocenters. The number of aryl methyl sites for hydroxylation is 1. The minimum atomic E-state index is -0.269. The molecule has 3 aromatic carbocycles. The van der Waals surface area contributed by atoms with E-state index < -0.39 is 0 Å². The van der Waals surface area contributed by atoms with Crippen LogP contribution in [0.1, 0.15) is 35.5 Å². The van der Waals surface area contributed by atoms with E-state index in [4.69, 9.17) is 21.7 Å². The smallest absolute Gasteiger partial charge is 0.258 e. The van der Waals surface area contributed by atoms with E-state index in [1.54, 1.807) is 12.1 Å². The van der Waals surface area contributed by atoms with Crippen molar-refractivity contribution in [2.75, 3.05) is 0 Å². The molecular formula is C27H23FN4OS. The Morgan fingerprint density at radius 1 is 0.971 bits per heavy atom. The third kappa shape index (κ3) is 4.34. The van der Waals surface area contributed by atoms with Crippen molar-refractivity contribution in [1.29, 1.82) is 0 Å². The SMILES string of the molecule is CC1=C(c2nc(-c3ccc(C)cc3)no2)C(c2ccccc2)NC(=S)N1Cc1ccc(F)cc1. The Kier molecular flexibility index (Phi) is 5.94. The lowest BCUT2D eigenvalue weighted by molar-refractivity contribution is 0.396. The van der Waals surface area contributed by atoms with Crippen LogP contribution in [0.2, 0.25) is 0 Å². The molecule has 1 aromatic heterocycles. The topological polar surface area (TPSA) is 54.2 Å². The van der Waals surface area contributed by atoms with E-state index in [0.29, 0.717) is 23.4 Å². The summed E-state index contributed by atoms with van der Waals surface area (Å²) in [6.07, 6.45) is 0. The molecule has 7 heteroatoms. The highest BCUT2D eigenvalue weighted by Crippen LogP contribution is 2.37. The Labute approximate surface area is 202 Å². The quantitative estimate of drug-likeness (QED) is 0.359. The van der Waals surface area contributed by atoms with Gasteiger partial charge in [0.25, 0.3) is 5.89 Å². The van der Waals surface area contributed by atoms with Gasteiger partial charge < -0.3 is 14.7 Å². The zero-order valence-electron chi connectivity index (χ0n) is 18.8. The molecule has 0 saturated carbocycles. The summed E-state index contributed by atoms with van der Waals surface area (Å²) < 4.78 is 19.2. The number of nitrogens with zero attached hydrogens (tertiary/aromatic N) is 3. The van der Waals surface area contributed by atoms with Gasteiger partial charge in [0, 0.05) is 17.8 Å². The number of nitrogens with one attached hydrogen (secondary N) is 1. The number of benzene rings is 3. The fourth-order valence-electron chi connectivity index (χ4n) is 4.07. The minimum absolute atomic E-state index is 0.246. The molecule has 0 spiro atoms. The van der Waals surface area contributed by atoms with Crippen LogP contribution in [0.4, 0.5) is 4.39 Å². The van der Waals surface area contributed by atoms with Crippen LogP contribution in [0.25, 0.3) is 17.0 Å². The molecule has 1 aliphatic heterocycles. The summed E-state index contributed by atoms with van der Waals surface area (Å²) in [6, 6.07) is 24.2. The summed E-state index contributed by atoms with van der Waals surface area (Å²) in [4.78, 5) is 6.72. The Bertz CT molecular complexity index is 1350. The molecule has 0 amide bonds. The van der Waals surface area contributed by atoms with Gasteiger partial charge in [-0.2, -0.15) is 4.98 Å². The lowest BCUT2D eigenvalue weighted by Gasteiger charge is -2.37. The average molecular weight is 471 g/mol. The first-order valence-corrected chi connectivity index (χ1v) is 11.4. The van der Waals surface area contributed by atoms with Gasteiger partial charge >= 0.3 is 0 Å². The first-order chi connectivity index (χ1) is 16.5. The van der Waals surface area contributed by atoms with E-state index >= 15 is 0 Å². The van der Waals surface area contributed by atoms with Crippen LogP contribution in [0, 0.1) is 12.7 Å². The van der Waals surface area contributed by atoms with Crippen molar-refractivity contribution in [1.82, 2.24) is 20.4 Å². The van der Waals surface area contributed by atoms with Crippen molar-refractivity contribution in [3.05, 3.63) is 113 Å². The largest absolute Gasteiger partial charge is 0.351 e. The lowest BCUT2D eigenvalue weighted by Crippen LogP contribution is -2.45. The average Bonchev–Trinajstić information content (AvgIpc) is 3.33. The molecule has 1 aliphatic rings. The Morgan fingerprint density at radius 3 is 2.38 bits per heavy atom. The highest BCUT2D eigenvalue weighted by molar-refractivity contribution is 7.80. The van der Waals surface area contributed by atoms with Gasteiger partial charge in [-0.05, 0) is 49.3 Å². The molecule has 2 heterocycles. The van der Waals surface area contributed by atoms with Gasteiger partial charge in [0.15, 0.2) is 5.11 Å². The normalized spacial score (nSPS) is 16.0. The Hall–Kier alpha value is -3.84. The molecule has 5 rings (SSSR count). The number of halogens is 1. The molecular weight excluding hydrogens is 447 g/mol. The second kappa shape index (κ2) is 9.19. The van der Waals surface area contributed by atoms with Crippen LogP contribution in [0.5, 0.6) is 0 Å². The Morgan fingerprint density at radius 2 is 1.68 bits per heavy atom. The highest BCUT2D eigenvalue weighted by Gasteiger charge is 2.34. The van der Waals surface area contributed by atoms with E-state index in [9.17, 15) is 4.39 Å². The molecule has 0 fully saturated rings. The second-order valence-electron chi connectivity index (χ2n) is 8.29. The van der Waals surface area contributed by atoms with Gasteiger partial charge in [-0.15, -0.1) is 0 Å². The van der Waals surface area contributed by atoms with Crippen molar-refractivity contribution in [2.24, 2.45) is 0 Å². The maximum absolute atomic E-state index is 13.4. The number of hydrogen-bond acceptors (Lipinski definition) is 4. The maximum Gasteiger partial charge on any atom is 0.258 e. The van der Waals surface area contributed by atoms with Gasteiger partial charge in [-0.25, -0.2) is 4.39 Å². The first-order valence-electron chi connectivity index (χ1n) is 11.0. The molecule has 4 aromatic rings. The molecule has 0 aliphatic carbocycles. The van der Waals surface area contributed by atoms with Crippen molar-refractivity contribution < 1.29 is 8.91 Å². The molecule has 5 nitrogen and oxygen atoms in total. The van der Waals surface area contributed by atoms with E-state index in [2.05, 4.69) is 10.5 Å². The van der Waals surface area contributed by atoms with Crippen molar-refractivity contribution in [2.45, 2.75) is 26.4 Å². The van der Waals surface area contributed by atoms with Gasteiger partial charge in [-0.3, -0.25) is 0 Å². The van der Waals surface area contributed by atoms with E-state index in [1.807, 2.05) is 73.3 Å². The lowest BCUT2D eigenvalue weighted by atomic mass is 9.94. The van der Waals surface area contributed by atoms with Gasteiger partial charge in [0.2, 0.25) is 5.82 Å². The van der Waals surface area contributed by atoms with Crippen LogP contribution >= 0.6 is 12.2 Å². The van der Waals surface area contributed by atoms with Crippen LogP contribution in [-0.4, -0.2) is 20.2 Å². The summed E-state index contributed by atoms with van der Waals surface area (Å²) in [5.74, 6) is 0.691. The van der Waals surface area contributed by atoms with E-state index in [0.717, 1.165) is 33.5 Å². The summed E-state index contributed by atoms with van der Waals surface area (Å²) in [7, 11) is 0. The first kappa shape index (κ1) is 22.0. The third-order valence-electron chi connectivity index (χ3n) is 5.95. The van der Waals surface area contributed by atoms with Crippen molar-refractivity contribution in [3.63, 3.8) is 0 Å². The predicted molar refractivity (Wildman–Crippen MR) is 134 cm³/mol. The zero-order chi connectivity index (χ0) is 23.7. The fraction of sp³-hybridized carbons (Fsp3) is 0.148. The van der Waals surface area contributed by atoms with E-state index in [1.165, 1.54) is 12.1 Å². The standard InChI is InChI=1S/C27H23FN4OS/c1-17-8-12-21(13-9-17)25-30-26(33-31-25)23-18(2)32(16-19-10-14-22(28)15-11-19)27(34)29-24(23)20-6-4-3-5-7-20/h3-15,24H,16H2,1-2H3,(H,29,34). The number of hydrogen-bond donors (Lipinski definition) is 1. The Balaban J connectivity index is 1.58. The molecule has 0 bridgehead atoms. The van der Waals surface area contributed by atoms with Gasteiger partial charge in [-0.1, -0.05) is 77.5 Å². The highest BCUT2D eigenvalue weighted by atomic mass is 32.1. The van der Waals surface area contributed by atoms with Crippen LogP contribution in [0.15, 0.2) is 89.1 Å². The number of rotatable bonds is 5. The minimum Gasteiger partial charge on any atom is -0.351 e.